The first kappa shape index (κ1) is 30.9. The van der Waals surface area contributed by atoms with Gasteiger partial charge >= 0.3 is 0 Å². The zero-order chi connectivity index (χ0) is 35.0. The average Bonchev–Trinajstić information content (AvgIpc) is 3.72. The highest BCUT2D eigenvalue weighted by molar-refractivity contribution is 6.12. The Morgan fingerprint density at radius 1 is 0.538 bits per heavy atom. The molecule has 9 aromatic rings. The monoisotopic (exact) mass is 667 g/mol. The third-order valence-electron chi connectivity index (χ3n) is 9.82. The van der Waals surface area contributed by atoms with Crippen LogP contribution in [0.25, 0.3) is 60.7 Å². The summed E-state index contributed by atoms with van der Waals surface area (Å²) in [6, 6.07) is 60.8. The van der Waals surface area contributed by atoms with Crippen LogP contribution in [0.1, 0.15) is 22.3 Å². The second-order valence-corrected chi connectivity index (χ2v) is 12.9. The normalized spacial score (nSPS) is 12.2. The average molecular weight is 668 g/mol. The van der Waals surface area contributed by atoms with Crippen molar-refractivity contribution in [1.29, 1.82) is 5.26 Å². The van der Waals surface area contributed by atoms with E-state index in [1.807, 2.05) is 54.6 Å². The van der Waals surface area contributed by atoms with Crippen molar-refractivity contribution in [2.45, 2.75) is 6.42 Å². The van der Waals surface area contributed by atoms with Crippen molar-refractivity contribution in [2.75, 3.05) is 0 Å². The van der Waals surface area contributed by atoms with E-state index >= 15 is 0 Å². The van der Waals surface area contributed by atoms with E-state index in [1.54, 1.807) is 0 Å². The number of allylic oxidation sites excluding steroid dienone is 1. The largest absolute Gasteiger partial charge is 0.383 e. The van der Waals surface area contributed by atoms with Crippen molar-refractivity contribution >= 4 is 55.1 Å². The molecule has 0 fully saturated rings. The highest BCUT2D eigenvalue weighted by Gasteiger charge is 2.17. The standard InChI is InChI=1S/C47H33N5/c48-31-33-21-24-34(25-22-33)42(27-23-32-11-2-1-3-12-32)50-47(49)35-13-10-14-36(29-35)51-45-20-9-6-17-40(45)41-30-37(26-28-46(41)51)52-43-18-7-4-15-38(43)39-16-5-8-19-44(39)52/h1-22,24-30H,23H2,(H2,49,50)/b42-27-. The van der Waals surface area contributed by atoms with Crippen molar-refractivity contribution in [1.82, 2.24) is 9.13 Å². The molecule has 2 N–H and O–H groups in total. The minimum absolute atomic E-state index is 0.417. The fourth-order valence-electron chi connectivity index (χ4n) is 7.35. The summed E-state index contributed by atoms with van der Waals surface area (Å²) in [5, 5.41) is 14.2. The number of amidine groups is 1. The maximum absolute atomic E-state index is 9.37. The van der Waals surface area contributed by atoms with Crippen LogP contribution in [-0.4, -0.2) is 15.0 Å². The molecule has 0 aliphatic carbocycles. The van der Waals surface area contributed by atoms with Gasteiger partial charge in [-0.1, -0.05) is 115 Å². The zero-order valence-electron chi connectivity index (χ0n) is 28.3. The van der Waals surface area contributed by atoms with Crippen LogP contribution in [0, 0.1) is 11.3 Å². The molecule has 5 nitrogen and oxygen atoms in total. The van der Waals surface area contributed by atoms with E-state index < -0.39 is 0 Å². The molecule has 52 heavy (non-hydrogen) atoms. The number of aromatic nitrogens is 2. The Morgan fingerprint density at radius 2 is 1.10 bits per heavy atom. The van der Waals surface area contributed by atoms with E-state index in [2.05, 4.69) is 137 Å². The van der Waals surface area contributed by atoms with Crippen molar-refractivity contribution in [3.05, 3.63) is 198 Å². The van der Waals surface area contributed by atoms with Crippen LogP contribution in [0.4, 0.5) is 0 Å². The molecule has 246 valence electrons. The molecule has 2 aromatic heterocycles. The molecule has 5 heteroatoms. The quantitative estimate of drug-likeness (QED) is 0.136. The van der Waals surface area contributed by atoms with Gasteiger partial charge in [0.1, 0.15) is 5.84 Å². The van der Waals surface area contributed by atoms with Crippen LogP contribution in [-0.2, 0) is 6.42 Å². The summed E-state index contributed by atoms with van der Waals surface area (Å²) < 4.78 is 4.68. The molecule has 0 saturated heterocycles. The predicted octanol–water partition coefficient (Wildman–Crippen LogP) is 10.7. The molecular weight excluding hydrogens is 635 g/mol. The number of nitriles is 1. The van der Waals surface area contributed by atoms with Gasteiger partial charge < -0.3 is 14.9 Å². The lowest BCUT2D eigenvalue weighted by molar-refractivity contribution is 1.16. The van der Waals surface area contributed by atoms with Crippen molar-refractivity contribution in [2.24, 2.45) is 10.7 Å². The van der Waals surface area contributed by atoms with E-state index in [-0.39, 0.29) is 0 Å². The smallest absolute Gasteiger partial charge is 0.131 e. The summed E-state index contributed by atoms with van der Waals surface area (Å²) in [6.45, 7) is 0. The number of hydrogen-bond donors (Lipinski definition) is 1. The molecule has 0 aliphatic heterocycles. The topological polar surface area (TPSA) is 72.0 Å². The number of benzene rings is 7. The fourth-order valence-corrected chi connectivity index (χ4v) is 7.35. The summed E-state index contributed by atoms with van der Waals surface area (Å²) in [4.78, 5) is 4.99. The van der Waals surface area contributed by atoms with Crippen LogP contribution in [0.2, 0.25) is 0 Å². The number of nitrogens with zero attached hydrogens (tertiary/aromatic N) is 4. The second-order valence-electron chi connectivity index (χ2n) is 12.9. The Bertz CT molecular complexity index is 2830. The first-order valence-electron chi connectivity index (χ1n) is 17.4. The van der Waals surface area contributed by atoms with Gasteiger partial charge in [-0.15, -0.1) is 0 Å². The molecular formula is C47H33N5. The molecule has 9 rings (SSSR count). The first-order chi connectivity index (χ1) is 25.7. The Kier molecular flexibility index (Phi) is 7.68. The SMILES string of the molecule is N#Cc1ccc(/C(=C/Cc2ccccc2)N=C(N)c2cccc(-n3c4ccccc4c4cc(-n5c6ccccc6c6ccccc65)ccc43)c2)cc1. The number of hydrogen-bond acceptors (Lipinski definition) is 2. The fraction of sp³-hybridized carbons (Fsp3) is 0.0213. The molecule has 7 aromatic carbocycles. The second kappa shape index (κ2) is 12.9. The van der Waals surface area contributed by atoms with Crippen LogP contribution >= 0.6 is 0 Å². The maximum Gasteiger partial charge on any atom is 0.131 e. The van der Waals surface area contributed by atoms with Gasteiger partial charge in [-0.3, -0.25) is 0 Å². The molecule has 0 radical (unpaired) electrons. The highest BCUT2D eigenvalue weighted by Crippen LogP contribution is 2.37. The van der Waals surface area contributed by atoms with Gasteiger partial charge in [0, 0.05) is 38.5 Å². The van der Waals surface area contributed by atoms with Crippen molar-refractivity contribution in [3.63, 3.8) is 0 Å². The number of para-hydroxylation sites is 3. The summed E-state index contributed by atoms with van der Waals surface area (Å²) in [5.74, 6) is 0.417. The summed E-state index contributed by atoms with van der Waals surface area (Å²) in [6.07, 6.45) is 2.79. The number of rotatable bonds is 7. The predicted molar refractivity (Wildman–Crippen MR) is 215 cm³/mol. The first-order valence-corrected chi connectivity index (χ1v) is 17.4. The Morgan fingerprint density at radius 3 is 1.73 bits per heavy atom. The molecule has 2 heterocycles. The van der Waals surface area contributed by atoms with Gasteiger partial charge in [0.05, 0.1) is 39.4 Å². The van der Waals surface area contributed by atoms with Gasteiger partial charge in [0.15, 0.2) is 0 Å². The number of aliphatic imine (C=N–C) groups is 1. The van der Waals surface area contributed by atoms with Gasteiger partial charge in [0.2, 0.25) is 0 Å². The molecule has 0 saturated carbocycles. The number of fused-ring (bicyclic) bond motifs is 6. The van der Waals surface area contributed by atoms with E-state index in [0.717, 1.165) is 39.2 Å². The van der Waals surface area contributed by atoms with Gasteiger partial charge in [0.25, 0.3) is 0 Å². The number of nitrogens with two attached hydrogens (primary N) is 1. The molecule has 0 amide bonds. The lowest BCUT2D eigenvalue weighted by atomic mass is 10.1. The molecule has 0 bridgehead atoms. The Balaban J connectivity index is 1.15. The lowest BCUT2D eigenvalue weighted by Gasteiger charge is -2.12. The van der Waals surface area contributed by atoms with E-state index in [4.69, 9.17) is 10.7 Å². The maximum atomic E-state index is 9.37. The van der Waals surface area contributed by atoms with Crippen LogP contribution in [0.15, 0.2) is 181 Å². The summed E-state index contributed by atoms with van der Waals surface area (Å²) in [7, 11) is 0. The highest BCUT2D eigenvalue weighted by atomic mass is 15.0. The molecule has 0 unspecified atom stereocenters. The van der Waals surface area contributed by atoms with Gasteiger partial charge in [-0.25, -0.2) is 4.99 Å². The Hall–Kier alpha value is -7.16. The lowest BCUT2D eigenvalue weighted by Crippen LogP contribution is -2.14. The molecule has 0 aliphatic rings. The van der Waals surface area contributed by atoms with E-state index in [9.17, 15) is 5.26 Å². The van der Waals surface area contributed by atoms with E-state index in [1.165, 1.54) is 38.1 Å². The molecule has 0 spiro atoms. The van der Waals surface area contributed by atoms with Crippen LogP contribution < -0.4 is 5.73 Å². The zero-order valence-corrected chi connectivity index (χ0v) is 28.3. The van der Waals surface area contributed by atoms with Crippen molar-refractivity contribution in [3.8, 4) is 17.4 Å². The summed E-state index contributed by atoms with van der Waals surface area (Å²) in [5.41, 5.74) is 17.8. The molecule has 0 atom stereocenters. The third-order valence-corrected chi connectivity index (χ3v) is 9.82. The minimum Gasteiger partial charge on any atom is -0.383 e. The van der Waals surface area contributed by atoms with Gasteiger partial charge in [-0.05, 0) is 78.2 Å². The third kappa shape index (κ3) is 5.40. The van der Waals surface area contributed by atoms with Gasteiger partial charge in [-0.2, -0.15) is 5.26 Å². The Labute approximate surface area is 301 Å². The van der Waals surface area contributed by atoms with Crippen LogP contribution in [0.5, 0.6) is 0 Å². The summed E-state index contributed by atoms with van der Waals surface area (Å²) >= 11 is 0. The van der Waals surface area contributed by atoms with E-state index in [0.29, 0.717) is 17.8 Å². The minimum atomic E-state index is 0.417. The van der Waals surface area contributed by atoms with Crippen molar-refractivity contribution < 1.29 is 0 Å². The van der Waals surface area contributed by atoms with Crippen LogP contribution in [0.3, 0.4) is 0 Å².